The molecule has 0 unspecified atom stereocenters. The highest BCUT2D eigenvalue weighted by Crippen LogP contribution is 2.76. The van der Waals surface area contributed by atoms with Gasteiger partial charge >= 0.3 is 17.9 Å². The summed E-state index contributed by atoms with van der Waals surface area (Å²) in [6.45, 7) is 27.5. The van der Waals surface area contributed by atoms with Gasteiger partial charge in [-0.3, -0.25) is 4.79 Å². The summed E-state index contributed by atoms with van der Waals surface area (Å²) in [7, 11) is 0. The minimum Gasteiger partial charge on any atom is -0.452 e. The van der Waals surface area contributed by atoms with Gasteiger partial charge in [-0.15, -0.1) is 13.2 Å². The average molecular weight is 1950 g/mol. The molecule has 21 N–H and O–H groups in total. The Labute approximate surface area is 789 Å². The fourth-order valence-corrected chi connectivity index (χ4v) is 23.3. The number of aliphatic hydroxyl groups is 21. The van der Waals surface area contributed by atoms with Crippen LogP contribution in [0.1, 0.15) is 173 Å². The minimum atomic E-state index is -2.26. The standard InChI is InChI=1S/C94H148O42/c1-16-89(11,117)26-18-20-40(3)76(114)130-72-56(100)42(5)125-84(75(72)131-77(115)41(4)21-19-27-90(12,118)17-2)124-39-51-61(105)63(107)74(135-81-68(112)64(108)70(43(6)126-81)132-80-69(113)71(49(98)37-121-80)133-78-65(109)57(101)46(95)34-119-78)85(128-51)136-86(116)94-31-30-87(7,8)32-45(94)44-22-23-53-91(13)28-25-55(88(9,10)52(91)24-29-92(53,14)93(44,15)33-54(94)99)129-82-67(111)62(106)60(104)50(127-82)38-123-83-73(59(103)48(97)36-122-83)134-79-66(110)58(102)47(96)35-120-79/h16-17,20-22,42-43,45-75,78-85,95-113,117-118H,1-2,18-19,23-39H2,3-15H3/b40-20+,41-21+/t42-,43-,45-,46+,47+,48-,49+,50+,51+,52-,53+,54+,55-,56-,57-,58-,59-,60+,61+,62-,63-,64-,65+,66+,67+,68+,69+,70-,71-,72+,73+,74+,75+,78-,79-,80-,81-,82-,83-,84+,85-,89+,90+,91-,92+,93+,94+/m0/s1. The van der Waals surface area contributed by atoms with E-state index in [4.69, 9.17) is 85.3 Å². The lowest BCUT2D eigenvalue weighted by atomic mass is 9.33. The first kappa shape index (κ1) is 109. The minimum absolute atomic E-state index is 0.00465. The summed E-state index contributed by atoms with van der Waals surface area (Å²) in [6.07, 6.45) is -53.5. The predicted molar refractivity (Wildman–Crippen MR) is 463 cm³/mol. The summed E-state index contributed by atoms with van der Waals surface area (Å²) in [5.41, 5.74) is -6.56. The molecule has 0 aromatic heterocycles. The molecule has 8 aliphatic heterocycles. The molecule has 42 heteroatoms. The third-order valence-electron chi connectivity index (χ3n) is 32.4. The number of hydrogen-bond acceptors (Lipinski definition) is 42. The Kier molecular flexibility index (Phi) is 34.2. The van der Waals surface area contributed by atoms with Crippen LogP contribution in [-0.2, 0) is 99.6 Å². The fraction of sp³-hybridized carbons (Fsp3) is 0.862. The maximum Gasteiger partial charge on any atom is 0.333 e. The van der Waals surface area contributed by atoms with Crippen LogP contribution >= 0.6 is 0 Å². The van der Waals surface area contributed by atoms with Gasteiger partial charge in [0.15, 0.2) is 62.3 Å². The zero-order valence-corrected chi connectivity index (χ0v) is 79.4. The zero-order valence-electron chi connectivity index (χ0n) is 79.4. The van der Waals surface area contributed by atoms with Gasteiger partial charge in [0, 0.05) is 11.1 Å². The summed E-state index contributed by atoms with van der Waals surface area (Å²) in [4.78, 5) is 45.0. The van der Waals surface area contributed by atoms with Crippen LogP contribution in [-0.4, -0.2) is 409 Å². The molecule has 42 nitrogen and oxygen atoms in total. The van der Waals surface area contributed by atoms with Crippen LogP contribution in [0.5, 0.6) is 0 Å². The van der Waals surface area contributed by atoms with Crippen molar-refractivity contribution in [3.8, 4) is 0 Å². The summed E-state index contributed by atoms with van der Waals surface area (Å²) in [6, 6.07) is 0. The monoisotopic (exact) mass is 1950 g/mol. The molecule has 776 valence electrons. The molecule has 8 saturated heterocycles. The van der Waals surface area contributed by atoms with E-state index in [1.54, 1.807) is 0 Å². The third kappa shape index (κ3) is 21.7. The summed E-state index contributed by atoms with van der Waals surface area (Å²) < 4.78 is 109. The number of aliphatic hydroxyl groups excluding tert-OH is 19. The van der Waals surface area contributed by atoms with Crippen molar-refractivity contribution < 1.29 is 207 Å². The van der Waals surface area contributed by atoms with Gasteiger partial charge in [-0.05, 0) is 170 Å². The normalized spacial score (nSPS) is 48.5. The van der Waals surface area contributed by atoms with Crippen LogP contribution in [0.3, 0.4) is 0 Å². The molecule has 0 aromatic carbocycles. The van der Waals surface area contributed by atoms with E-state index in [1.807, 2.05) is 0 Å². The second kappa shape index (κ2) is 42.8. The lowest BCUT2D eigenvalue weighted by Crippen LogP contribution is -2.69. The molecule has 13 rings (SSSR count). The molecule has 0 spiro atoms. The van der Waals surface area contributed by atoms with E-state index in [9.17, 15) is 117 Å². The third-order valence-corrected chi connectivity index (χ3v) is 32.4. The van der Waals surface area contributed by atoms with Gasteiger partial charge in [0.1, 0.15) is 146 Å². The number of hydrogen-bond donors (Lipinski definition) is 21. The second-order valence-corrected chi connectivity index (χ2v) is 42.6. The van der Waals surface area contributed by atoms with E-state index in [0.29, 0.717) is 44.9 Å². The number of esters is 3. The summed E-state index contributed by atoms with van der Waals surface area (Å²) in [5, 5.41) is 237. The van der Waals surface area contributed by atoms with Crippen LogP contribution in [0, 0.1) is 50.2 Å². The van der Waals surface area contributed by atoms with Crippen molar-refractivity contribution in [3.05, 3.63) is 60.3 Å². The van der Waals surface area contributed by atoms with E-state index in [0.717, 1.165) is 5.57 Å². The molecule has 12 fully saturated rings. The van der Waals surface area contributed by atoms with Gasteiger partial charge in [0.05, 0.1) is 75.3 Å². The number of rotatable bonds is 30. The maximum atomic E-state index is 16.6. The first-order chi connectivity index (χ1) is 63.6. The van der Waals surface area contributed by atoms with E-state index >= 15 is 4.79 Å². The number of ether oxygens (including phenoxy) is 18. The van der Waals surface area contributed by atoms with Crippen molar-refractivity contribution in [2.45, 2.75) is 418 Å². The highest BCUT2D eigenvalue weighted by atomic mass is 16.8. The molecular weight excluding hydrogens is 1800 g/mol. The lowest BCUT2D eigenvalue weighted by Gasteiger charge is -2.71. The fourth-order valence-electron chi connectivity index (χ4n) is 23.3. The Morgan fingerprint density at radius 2 is 0.904 bits per heavy atom. The van der Waals surface area contributed by atoms with Crippen LogP contribution in [0.4, 0.5) is 0 Å². The van der Waals surface area contributed by atoms with E-state index in [1.165, 1.54) is 65.8 Å². The van der Waals surface area contributed by atoms with Crippen molar-refractivity contribution in [3.63, 3.8) is 0 Å². The van der Waals surface area contributed by atoms with E-state index in [2.05, 4.69) is 67.7 Å². The van der Waals surface area contributed by atoms with E-state index in [-0.39, 0.29) is 61.5 Å². The molecule has 0 bridgehead atoms. The molecule has 0 radical (unpaired) electrons. The van der Waals surface area contributed by atoms with Crippen LogP contribution in [0.2, 0.25) is 0 Å². The number of carbonyl (C=O) groups excluding carboxylic acids is 3. The van der Waals surface area contributed by atoms with Crippen molar-refractivity contribution >= 4 is 17.9 Å². The lowest BCUT2D eigenvalue weighted by molar-refractivity contribution is -0.381. The Balaban J connectivity index is 0.764. The SMILES string of the molecule is C=C[C@@](C)(O)CC/C=C(\C)C(=O)O[C@@H]1[C@@H](O)[C@H](C)O[C@@H](OC[C@H]2O[C@@H](OC(=O)[C@]34CCC(C)(C)C[C@H]3C3=CC[C@@H]5[C@@]6(C)CC[C@H](O[C@@H]7O[C@H](CO[C@@H]8OC[C@H](O)[C@H](O)[C@H]8O[C@@H]8OC[C@@H](O)[C@H](O)[C@H]8O)[C@@H](O)[C@H](O)[C@H]7O)C(C)(C)[C@@H]6CC[C@@]5(C)[C@]3(C)C[C@H]4O)[C@H](O[C@@H]3O[C@@H](C)[C@H](O[C@@H]4OC[C@@H](O)[C@H](O[C@@H]5OC[C@@H](O)[C@H](O)[C@H]5O)[C@H]4O)[C@@H](O)[C@H]3O)[C@@H](O)[C@@H]2O)[C@@H]1OC(=O)/C(C)=C/CC[C@](C)(O)C=C. The van der Waals surface area contributed by atoms with Gasteiger partial charge < -0.3 is 193 Å². The predicted octanol–water partition coefficient (Wildman–Crippen LogP) is -2.73. The number of fused-ring (bicyclic) bond motifs is 7. The van der Waals surface area contributed by atoms with Crippen molar-refractivity contribution in [1.82, 2.24) is 0 Å². The van der Waals surface area contributed by atoms with Gasteiger partial charge in [-0.1, -0.05) is 84.4 Å². The van der Waals surface area contributed by atoms with Gasteiger partial charge in [0.25, 0.3) is 0 Å². The molecular formula is C94H148O42. The molecule has 0 amide bonds. The quantitative estimate of drug-likeness (QED) is 0.0114. The van der Waals surface area contributed by atoms with Crippen LogP contribution < -0.4 is 0 Å². The molecule has 0 aromatic rings. The van der Waals surface area contributed by atoms with Crippen molar-refractivity contribution in [1.29, 1.82) is 0 Å². The van der Waals surface area contributed by atoms with Gasteiger partial charge in [-0.2, -0.15) is 0 Å². The average Bonchev–Trinajstić information content (AvgIpc) is 0.668. The molecule has 136 heavy (non-hydrogen) atoms. The van der Waals surface area contributed by atoms with Crippen LogP contribution in [0.25, 0.3) is 0 Å². The Morgan fingerprint density at radius 3 is 1.49 bits per heavy atom. The van der Waals surface area contributed by atoms with E-state index < -0.39 is 341 Å². The smallest absolute Gasteiger partial charge is 0.333 e. The highest BCUT2D eigenvalue weighted by molar-refractivity contribution is 5.89. The molecule has 47 atom stereocenters. The summed E-state index contributed by atoms with van der Waals surface area (Å²) in [5.74, 6) is -3.96. The number of carbonyl (C=O) groups is 3. The van der Waals surface area contributed by atoms with Crippen molar-refractivity contribution in [2.75, 3.05) is 39.6 Å². The highest BCUT2D eigenvalue weighted by Gasteiger charge is 2.73. The largest absolute Gasteiger partial charge is 0.452 e. The molecule has 13 aliphatic rings. The number of allylic oxidation sites excluding steroid dienone is 4. The van der Waals surface area contributed by atoms with Gasteiger partial charge in [-0.25, -0.2) is 9.59 Å². The Morgan fingerprint density at radius 1 is 0.441 bits per heavy atom. The Hall–Kier alpha value is -4.33. The second-order valence-electron chi connectivity index (χ2n) is 42.6. The zero-order chi connectivity index (χ0) is 99.8. The molecule has 8 heterocycles. The first-order valence-electron chi connectivity index (χ1n) is 47.5. The van der Waals surface area contributed by atoms with Gasteiger partial charge in [0.2, 0.25) is 6.29 Å². The molecule has 5 aliphatic carbocycles. The van der Waals surface area contributed by atoms with Crippen LogP contribution in [0.15, 0.2) is 60.3 Å². The molecule has 4 saturated carbocycles. The van der Waals surface area contributed by atoms with Crippen molar-refractivity contribution in [2.24, 2.45) is 50.2 Å². The first-order valence-corrected chi connectivity index (χ1v) is 47.5. The maximum absolute atomic E-state index is 16.6. The Bertz CT molecular complexity index is 4170. The summed E-state index contributed by atoms with van der Waals surface area (Å²) >= 11 is 0. The topological polar surface area (TPSA) is 642 Å².